The quantitative estimate of drug-likeness (QED) is 0.700. The maximum absolute atomic E-state index is 11.7. The molecule has 20 heavy (non-hydrogen) atoms. The first-order valence-electron chi connectivity index (χ1n) is 5.60. The van der Waals surface area contributed by atoms with Gasteiger partial charge in [0, 0.05) is 11.8 Å². The number of amides is 1. The highest BCUT2D eigenvalue weighted by Crippen LogP contribution is 2.10. The molecule has 1 rings (SSSR count). The number of ether oxygens (including phenoxy) is 1. The molecule has 0 aliphatic heterocycles. The van der Waals surface area contributed by atoms with Crippen molar-refractivity contribution in [1.82, 2.24) is 5.32 Å². The minimum Gasteiger partial charge on any atom is -0.467 e. The fraction of sp³-hybridized carbons (Fsp3) is 0.333. The molecule has 1 atom stereocenters. The summed E-state index contributed by atoms with van der Waals surface area (Å²) in [5.41, 5.74) is 0.217. The first-order chi connectivity index (χ1) is 9.25. The number of carbonyl (C=O) groups excluding carboxylic acids is 2. The third-order valence-corrected chi connectivity index (χ3v) is 3.60. The van der Waals surface area contributed by atoms with Gasteiger partial charge in [0.05, 0.1) is 18.6 Å². The second-order valence-corrected chi connectivity index (χ2v) is 6.06. The zero-order chi connectivity index (χ0) is 15.3. The molecule has 1 aromatic rings. The normalized spacial score (nSPS) is 12.6. The van der Waals surface area contributed by atoms with Gasteiger partial charge in [-0.1, -0.05) is 0 Å². The van der Waals surface area contributed by atoms with E-state index in [1.54, 1.807) is 0 Å². The summed E-state index contributed by atoms with van der Waals surface area (Å²) in [5, 5.41) is 11.6. The van der Waals surface area contributed by atoms with Crippen molar-refractivity contribution < 1.29 is 27.9 Å². The molecule has 8 heteroatoms. The number of benzene rings is 1. The Morgan fingerprint density at radius 1 is 1.30 bits per heavy atom. The van der Waals surface area contributed by atoms with E-state index in [1.165, 1.54) is 24.3 Å². The number of carbonyl (C=O) groups is 2. The van der Waals surface area contributed by atoms with Gasteiger partial charge in [-0.3, -0.25) is 4.79 Å². The van der Waals surface area contributed by atoms with Crippen molar-refractivity contribution in [2.45, 2.75) is 11.0 Å². The molecule has 0 saturated heterocycles. The van der Waals surface area contributed by atoms with Gasteiger partial charge < -0.3 is 15.2 Å². The van der Waals surface area contributed by atoms with Crippen LogP contribution in [-0.4, -0.2) is 51.4 Å². The highest BCUT2D eigenvalue weighted by Gasteiger charge is 2.17. The van der Waals surface area contributed by atoms with Crippen LogP contribution in [-0.2, 0) is 19.4 Å². The van der Waals surface area contributed by atoms with Crippen LogP contribution < -0.4 is 5.32 Å². The molecule has 1 unspecified atom stereocenters. The molecule has 0 aromatic heterocycles. The number of methoxy groups -OCH3 is 1. The SMILES string of the molecule is COC(=O)C(O)CNC(=O)c1ccc(S(C)(=O)=O)cc1. The van der Waals surface area contributed by atoms with Crippen LogP contribution in [0.3, 0.4) is 0 Å². The smallest absolute Gasteiger partial charge is 0.336 e. The fourth-order valence-corrected chi connectivity index (χ4v) is 1.99. The van der Waals surface area contributed by atoms with E-state index < -0.39 is 27.8 Å². The summed E-state index contributed by atoms with van der Waals surface area (Å²) >= 11 is 0. The molecule has 2 N–H and O–H groups in total. The Kier molecular flexibility index (Phi) is 5.23. The summed E-state index contributed by atoms with van der Waals surface area (Å²) in [7, 11) is -2.20. The van der Waals surface area contributed by atoms with E-state index in [2.05, 4.69) is 10.1 Å². The van der Waals surface area contributed by atoms with Crippen molar-refractivity contribution in [2.24, 2.45) is 0 Å². The van der Waals surface area contributed by atoms with Crippen LogP contribution in [0.4, 0.5) is 0 Å². The Bertz CT molecular complexity index is 593. The Morgan fingerprint density at radius 2 is 1.85 bits per heavy atom. The van der Waals surface area contributed by atoms with E-state index in [-0.39, 0.29) is 17.0 Å². The third kappa shape index (κ3) is 4.32. The molecule has 0 radical (unpaired) electrons. The van der Waals surface area contributed by atoms with Crippen molar-refractivity contribution in [3.8, 4) is 0 Å². The van der Waals surface area contributed by atoms with Crippen LogP contribution >= 0.6 is 0 Å². The molecule has 1 aromatic carbocycles. The number of rotatable bonds is 5. The average Bonchev–Trinajstić information content (AvgIpc) is 2.42. The molecule has 1 amide bonds. The van der Waals surface area contributed by atoms with Crippen LogP contribution in [0, 0.1) is 0 Å². The summed E-state index contributed by atoms with van der Waals surface area (Å²) < 4.78 is 26.8. The van der Waals surface area contributed by atoms with E-state index in [0.717, 1.165) is 13.4 Å². The van der Waals surface area contributed by atoms with Crippen LogP contribution in [0.25, 0.3) is 0 Å². The maximum Gasteiger partial charge on any atom is 0.336 e. The minimum absolute atomic E-state index is 0.101. The Hall–Kier alpha value is -1.93. The topological polar surface area (TPSA) is 110 Å². The lowest BCUT2D eigenvalue weighted by molar-refractivity contribution is -0.149. The van der Waals surface area contributed by atoms with Crippen molar-refractivity contribution in [3.63, 3.8) is 0 Å². The molecule has 0 fully saturated rings. The molecule has 0 heterocycles. The van der Waals surface area contributed by atoms with Crippen molar-refractivity contribution in [1.29, 1.82) is 0 Å². The molecule has 0 aliphatic carbocycles. The van der Waals surface area contributed by atoms with Gasteiger partial charge in [0.15, 0.2) is 15.9 Å². The van der Waals surface area contributed by atoms with Gasteiger partial charge in [-0.2, -0.15) is 0 Å². The lowest BCUT2D eigenvalue weighted by atomic mass is 10.2. The van der Waals surface area contributed by atoms with Gasteiger partial charge in [-0.15, -0.1) is 0 Å². The molecular weight excluding hydrogens is 286 g/mol. The van der Waals surface area contributed by atoms with Crippen LogP contribution in [0.2, 0.25) is 0 Å². The van der Waals surface area contributed by atoms with Gasteiger partial charge in [0.2, 0.25) is 0 Å². The van der Waals surface area contributed by atoms with Crippen LogP contribution in [0.5, 0.6) is 0 Å². The molecule has 0 spiro atoms. The second-order valence-electron chi connectivity index (χ2n) is 4.05. The van der Waals surface area contributed by atoms with Gasteiger partial charge in [-0.05, 0) is 24.3 Å². The van der Waals surface area contributed by atoms with E-state index in [0.29, 0.717) is 0 Å². The zero-order valence-electron chi connectivity index (χ0n) is 11.0. The monoisotopic (exact) mass is 301 g/mol. The molecule has 0 aliphatic rings. The first kappa shape index (κ1) is 16.1. The second kappa shape index (κ2) is 6.49. The number of sulfone groups is 1. The summed E-state index contributed by atoms with van der Waals surface area (Å²) in [6, 6.07) is 5.30. The van der Waals surface area contributed by atoms with Crippen molar-refractivity contribution in [3.05, 3.63) is 29.8 Å². The third-order valence-electron chi connectivity index (χ3n) is 2.47. The highest BCUT2D eigenvalue weighted by atomic mass is 32.2. The molecular formula is C12H15NO6S. The number of nitrogens with one attached hydrogen (secondary N) is 1. The van der Waals surface area contributed by atoms with Crippen molar-refractivity contribution in [2.75, 3.05) is 19.9 Å². The fourth-order valence-electron chi connectivity index (χ4n) is 1.36. The molecule has 110 valence electrons. The summed E-state index contributed by atoms with van der Waals surface area (Å²) in [6.07, 6.45) is -0.381. The number of hydrogen-bond acceptors (Lipinski definition) is 6. The largest absolute Gasteiger partial charge is 0.467 e. The van der Waals surface area contributed by atoms with Crippen LogP contribution in [0.1, 0.15) is 10.4 Å². The number of aliphatic hydroxyl groups excluding tert-OH is 1. The zero-order valence-corrected chi connectivity index (χ0v) is 11.8. The van der Waals surface area contributed by atoms with E-state index in [4.69, 9.17) is 0 Å². The van der Waals surface area contributed by atoms with Gasteiger partial charge in [0.1, 0.15) is 0 Å². The number of hydrogen-bond donors (Lipinski definition) is 2. The van der Waals surface area contributed by atoms with E-state index >= 15 is 0 Å². The Morgan fingerprint density at radius 3 is 2.30 bits per heavy atom. The summed E-state index contributed by atoms with van der Waals surface area (Å²) in [4.78, 5) is 22.7. The first-order valence-corrected chi connectivity index (χ1v) is 7.49. The molecule has 7 nitrogen and oxygen atoms in total. The molecule has 0 bridgehead atoms. The van der Waals surface area contributed by atoms with Crippen LogP contribution in [0.15, 0.2) is 29.2 Å². The van der Waals surface area contributed by atoms with Gasteiger partial charge in [0.25, 0.3) is 5.91 Å². The number of aliphatic hydroxyl groups is 1. The van der Waals surface area contributed by atoms with E-state index in [1.807, 2.05) is 0 Å². The Labute approximate surface area is 116 Å². The summed E-state index contributed by atoms with van der Waals surface area (Å²) in [6.45, 7) is -0.292. The maximum atomic E-state index is 11.7. The minimum atomic E-state index is -3.32. The van der Waals surface area contributed by atoms with Gasteiger partial charge in [-0.25, -0.2) is 13.2 Å². The summed E-state index contributed by atoms with van der Waals surface area (Å²) in [5.74, 6) is -1.38. The Balaban J connectivity index is 2.67. The van der Waals surface area contributed by atoms with Gasteiger partial charge >= 0.3 is 5.97 Å². The predicted molar refractivity (Wildman–Crippen MR) is 69.9 cm³/mol. The highest BCUT2D eigenvalue weighted by molar-refractivity contribution is 7.90. The van der Waals surface area contributed by atoms with E-state index in [9.17, 15) is 23.1 Å². The van der Waals surface area contributed by atoms with Crippen molar-refractivity contribution >= 4 is 21.7 Å². The standard InChI is InChI=1S/C12H15NO6S/c1-19-12(16)10(14)7-13-11(15)8-3-5-9(6-4-8)20(2,17)18/h3-6,10,14H,7H2,1-2H3,(H,13,15). The number of esters is 1. The molecule has 0 saturated carbocycles. The lowest BCUT2D eigenvalue weighted by Gasteiger charge is -2.10. The average molecular weight is 301 g/mol. The lowest BCUT2D eigenvalue weighted by Crippen LogP contribution is -2.37. The predicted octanol–water partition coefficient (Wildman–Crippen LogP) is -0.646.